The van der Waals surface area contributed by atoms with E-state index in [2.05, 4.69) is 0 Å². The summed E-state index contributed by atoms with van der Waals surface area (Å²) in [7, 11) is 0. The lowest BCUT2D eigenvalue weighted by atomic mass is 9.95. The molecule has 35 heavy (non-hydrogen) atoms. The standard InChI is InChI=1S/C29H27NO5/c31-27(22-10-5-2-6-11-22)25-26(30(29(33)28(25)32)18-24-12-7-17-34-24)21-13-15-23(16-14-21)35-19-20-8-3-1-4-9-20/h1-6,8-11,13-16,24,26,31H,7,12,17-19H2. The Morgan fingerprint density at radius 2 is 1.63 bits per heavy atom. The fourth-order valence-corrected chi connectivity index (χ4v) is 4.66. The molecule has 1 N–H and O–H groups in total. The van der Waals surface area contributed by atoms with Gasteiger partial charge in [-0.25, -0.2) is 0 Å². The van der Waals surface area contributed by atoms with Crippen LogP contribution in [0.1, 0.15) is 35.6 Å². The molecule has 0 aliphatic carbocycles. The Hall–Kier alpha value is -3.90. The molecule has 2 atom stereocenters. The van der Waals surface area contributed by atoms with Crippen molar-refractivity contribution in [3.8, 4) is 5.75 Å². The molecule has 3 aromatic rings. The number of amides is 1. The Labute approximate surface area is 204 Å². The molecule has 178 valence electrons. The number of rotatable bonds is 7. The fourth-order valence-electron chi connectivity index (χ4n) is 4.66. The second-order valence-electron chi connectivity index (χ2n) is 8.80. The largest absolute Gasteiger partial charge is 0.507 e. The summed E-state index contributed by atoms with van der Waals surface area (Å²) >= 11 is 0. The van der Waals surface area contributed by atoms with Crippen LogP contribution in [0.4, 0.5) is 0 Å². The first kappa shape index (κ1) is 22.9. The Morgan fingerprint density at radius 3 is 2.29 bits per heavy atom. The highest BCUT2D eigenvalue weighted by Gasteiger charge is 2.47. The van der Waals surface area contributed by atoms with E-state index in [1.165, 1.54) is 4.90 Å². The van der Waals surface area contributed by atoms with E-state index >= 15 is 0 Å². The number of ketones is 1. The highest BCUT2D eigenvalue weighted by Crippen LogP contribution is 2.40. The van der Waals surface area contributed by atoms with Gasteiger partial charge in [0.1, 0.15) is 18.1 Å². The van der Waals surface area contributed by atoms with Crippen molar-refractivity contribution in [2.75, 3.05) is 13.2 Å². The fraction of sp³-hybridized carbons (Fsp3) is 0.241. The molecule has 0 radical (unpaired) electrons. The van der Waals surface area contributed by atoms with E-state index in [9.17, 15) is 14.7 Å². The van der Waals surface area contributed by atoms with Gasteiger partial charge in [0.05, 0.1) is 17.7 Å². The maximum absolute atomic E-state index is 13.1. The summed E-state index contributed by atoms with van der Waals surface area (Å²) in [5, 5.41) is 11.1. The SMILES string of the molecule is O=C1C(=O)N(CC2CCCO2)C(c2ccc(OCc3ccccc3)cc2)C1=C(O)c1ccccc1. The van der Waals surface area contributed by atoms with Crippen LogP contribution in [0.15, 0.2) is 90.5 Å². The molecular formula is C29H27NO5. The molecule has 2 aliphatic heterocycles. The van der Waals surface area contributed by atoms with Crippen molar-refractivity contribution < 1.29 is 24.2 Å². The van der Waals surface area contributed by atoms with E-state index in [-0.39, 0.29) is 17.4 Å². The molecule has 2 fully saturated rings. The molecule has 2 saturated heterocycles. The van der Waals surface area contributed by atoms with Crippen LogP contribution < -0.4 is 4.74 Å². The van der Waals surface area contributed by atoms with Crippen LogP contribution in [-0.2, 0) is 20.9 Å². The molecule has 2 unspecified atom stereocenters. The zero-order valence-corrected chi connectivity index (χ0v) is 19.3. The minimum absolute atomic E-state index is 0.0946. The number of Topliss-reactive ketones (excluding diaryl/α,β-unsaturated/α-hetero) is 1. The first-order chi connectivity index (χ1) is 17.1. The van der Waals surface area contributed by atoms with Crippen molar-refractivity contribution in [3.05, 3.63) is 107 Å². The van der Waals surface area contributed by atoms with Crippen molar-refractivity contribution in [1.82, 2.24) is 4.90 Å². The number of hydrogen-bond acceptors (Lipinski definition) is 5. The summed E-state index contributed by atoms with van der Waals surface area (Å²) in [4.78, 5) is 27.8. The molecule has 0 spiro atoms. The van der Waals surface area contributed by atoms with Gasteiger partial charge in [0, 0.05) is 18.7 Å². The molecule has 6 nitrogen and oxygen atoms in total. The maximum atomic E-state index is 13.1. The highest BCUT2D eigenvalue weighted by atomic mass is 16.5. The average molecular weight is 470 g/mol. The van der Waals surface area contributed by atoms with Crippen molar-refractivity contribution in [3.63, 3.8) is 0 Å². The van der Waals surface area contributed by atoms with E-state index in [4.69, 9.17) is 9.47 Å². The van der Waals surface area contributed by atoms with Crippen molar-refractivity contribution in [1.29, 1.82) is 0 Å². The summed E-state index contributed by atoms with van der Waals surface area (Å²) in [5.74, 6) is -0.795. The monoisotopic (exact) mass is 469 g/mol. The third-order valence-electron chi connectivity index (χ3n) is 6.46. The topological polar surface area (TPSA) is 76.1 Å². The number of benzene rings is 3. The highest BCUT2D eigenvalue weighted by molar-refractivity contribution is 6.46. The zero-order chi connectivity index (χ0) is 24.2. The minimum atomic E-state index is -0.706. The van der Waals surface area contributed by atoms with Crippen LogP contribution in [0, 0.1) is 0 Å². The lowest BCUT2D eigenvalue weighted by Gasteiger charge is -2.27. The second-order valence-corrected chi connectivity index (χ2v) is 8.80. The number of carbonyl (C=O) groups excluding carboxylic acids is 2. The van der Waals surface area contributed by atoms with Crippen LogP contribution in [-0.4, -0.2) is 41.0 Å². The van der Waals surface area contributed by atoms with Crippen molar-refractivity contribution in [2.45, 2.75) is 31.6 Å². The lowest BCUT2D eigenvalue weighted by molar-refractivity contribution is -0.140. The maximum Gasteiger partial charge on any atom is 0.295 e. The van der Waals surface area contributed by atoms with Gasteiger partial charge < -0.3 is 19.5 Å². The van der Waals surface area contributed by atoms with Gasteiger partial charge in [-0.3, -0.25) is 9.59 Å². The molecule has 0 saturated carbocycles. The Morgan fingerprint density at radius 1 is 0.943 bits per heavy atom. The van der Waals surface area contributed by atoms with Crippen LogP contribution >= 0.6 is 0 Å². The first-order valence-corrected chi connectivity index (χ1v) is 11.8. The molecule has 6 heteroatoms. The van der Waals surface area contributed by atoms with Crippen molar-refractivity contribution in [2.24, 2.45) is 0 Å². The van der Waals surface area contributed by atoms with E-state index in [0.29, 0.717) is 31.1 Å². The molecule has 3 aromatic carbocycles. The Kier molecular flexibility index (Phi) is 6.64. The third-order valence-corrected chi connectivity index (χ3v) is 6.46. The van der Waals surface area contributed by atoms with Crippen LogP contribution in [0.5, 0.6) is 5.75 Å². The van der Waals surface area contributed by atoms with E-state index in [1.807, 2.05) is 60.7 Å². The van der Waals surface area contributed by atoms with Gasteiger partial charge in [0.25, 0.3) is 11.7 Å². The second kappa shape index (κ2) is 10.2. The predicted octanol–water partition coefficient (Wildman–Crippen LogP) is 4.87. The number of aliphatic hydroxyl groups excluding tert-OH is 1. The number of ether oxygens (including phenoxy) is 2. The lowest BCUT2D eigenvalue weighted by Crippen LogP contribution is -2.36. The van der Waals surface area contributed by atoms with Crippen LogP contribution in [0.25, 0.3) is 5.76 Å². The molecule has 0 aromatic heterocycles. The van der Waals surface area contributed by atoms with E-state index in [0.717, 1.165) is 24.0 Å². The van der Waals surface area contributed by atoms with Crippen molar-refractivity contribution >= 4 is 17.4 Å². The summed E-state index contributed by atoms with van der Waals surface area (Å²) in [6.45, 7) is 1.38. The molecule has 2 heterocycles. The number of carbonyl (C=O) groups is 2. The van der Waals surface area contributed by atoms with E-state index in [1.54, 1.807) is 24.3 Å². The minimum Gasteiger partial charge on any atom is -0.507 e. The van der Waals surface area contributed by atoms with E-state index < -0.39 is 17.7 Å². The van der Waals surface area contributed by atoms with Crippen LogP contribution in [0.2, 0.25) is 0 Å². The molecule has 0 bridgehead atoms. The average Bonchev–Trinajstić information content (AvgIpc) is 3.51. The summed E-state index contributed by atoms with van der Waals surface area (Å²) in [5.41, 5.74) is 2.38. The molecule has 5 rings (SSSR count). The Bertz CT molecular complexity index is 1210. The molecule has 2 aliphatic rings. The van der Waals surface area contributed by atoms with Gasteiger partial charge >= 0.3 is 0 Å². The number of likely N-dealkylation sites (tertiary alicyclic amines) is 1. The first-order valence-electron chi connectivity index (χ1n) is 11.8. The number of aliphatic hydroxyl groups is 1. The third kappa shape index (κ3) is 4.84. The number of nitrogens with zero attached hydrogens (tertiary/aromatic N) is 1. The summed E-state index contributed by atoms with van der Waals surface area (Å²) < 4.78 is 11.7. The van der Waals surface area contributed by atoms with Gasteiger partial charge in [0.15, 0.2) is 0 Å². The van der Waals surface area contributed by atoms with Gasteiger partial charge in [-0.2, -0.15) is 0 Å². The quantitative estimate of drug-likeness (QED) is 0.304. The van der Waals surface area contributed by atoms with Gasteiger partial charge in [0.2, 0.25) is 0 Å². The number of hydrogen-bond donors (Lipinski definition) is 1. The molecular weight excluding hydrogens is 442 g/mol. The van der Waals surface area contributed by atoms with Gasteiger partial charge in [-0.05, 0) is 36.1 Å². The predicted molar refractivity (Wildman–Crippen MR) is 132 cm³/mol. The smallest absolute Gasteiger partial charge is 0.295 e. The zero-order valence-electron chi connectivity index (χ0n) is 19.3. The van der Waals surface area contributed by atoms with Gasteiger partial charge in [-0.1, -0.05) is 72.8 Å². The summed E-state index contributed by atoms with van der Waals surface area (Å²) in [6, 6.07) is 25.4. The molecule has 1 amide bonds. The summed E-state index contributed by atoms with van der Waals surface area (Å²) in [6.07, 6.45) is 1.64. The van der Waals surface area contributed by atoms with Gasteiger partial charge in [-0.15, -0.1) is 0 Å². The van der Waals surface area contributed by atoms with Crippen LogP contribution in [0.3, 0.4) is 0 Å². The Balaban J connectivity index is 1.47. The normalized spacial score (nSPS) is 21.4.